The van der Waals surface area contributed by atoms with Gasteiger partial charge in [0, 0.05) is 6.42 Å². The van der Waals surface area contributed by atoms with Crippen molar-refractivity contribution in [3.05, 3.63) is 70.8 Å². The number of ether oxygens (including phenoxy) is 2. The van der Waals surface area contributed by atoms with Gasteiger partial charge in [0.1, 0.15) is 12.6 Å². The molecule has 0 radical (unpaired) electrons. The first-order valence-electron chi connectivity index (χ1n) is 8.54. The number of nitrogens with one attached hydrogen (secondary N) is 1. The van der Waals surface area contributed by atoms with Gasteiger partial charge in [0.25, 0.3) is 0 Å². The molecule has 1 amide bonds. The fraction of sp³-hybridized carbons (Fsp3) is 0.333. The lowest BCUT2D eigenvalue weighted by molar-refractivity contribution is -0.145. The van der Waals surface area contributed by atoms with Crippen LogP contribution in [0.3, 0.4) is 0 Å². The van der Waals surface area contributed by atoms with Crippen LogP contribution in [-0.2, 0) is 32.1 Å². The molecule has 5 heteroatoms. The number of aryl methyl sites for hydroxylation is 2. The Labute approximate surface area is 154 Å². The minimum absolute atomic E-state index is 0.116. The largest absolute Gasteiger partial charge is 0.467 e. The van der Waals surface area contributed by atoms with Gasteiger partial charge in [-0.05, 0) is 36.1 Å². The third-order valence-corrected chi connectivity index (χ3v) is 4.18. The van der Waals surface area contributed by atoms with Crippen LogP contribution in [0.2, 0.25) is 0 Å². The minimum Gasteiger partial charge on any atom is -0.467 e. The zero-order valence-electron chi connectivity index (χ0n) is 15.5. The zero-order valence-corrected chi connectivity index (χ0v) is 15.5. The van der Waals surface area contributed by atoms with E-state index >= 15 is 0 Å². The lowest BCUT2D eigenvalue weighted by Crippen LogP contribution is -2.44. The summed E-state index contributed by atoms with van der Waals surface area (Å²) >= 11 is 0. The van der Waals surface area contributed by atoms with Crippen LogP contribution >= 0.6 is 0 Å². The predicted octanol–water partition coefficient (Wildman–Crippen LogP) is 2.72. The minimum atomic E-state index is -0.741. The summed E-state index contributed by atoms with van der Waals surface area (Å²) in [5, 5.41) is 2.70. The molecular formula is C21H25NO4. The van der Waals surface area contributed by atoms with Crippen LogP contribution in [0.1, 0.15) is 22.3 Å². The van der Waals surface area contributed by atoms with Gasteiger partial charge in [-0.3, -0.25) is 4.79 Å². The van der Waals surface area contributed by atoms with E-state index in [1.165, 1.54) is 12.7 Å². The second-order valence-corrected chi connectivity index (χ2v) is 6.24. The Kier molecular flexibility index (Phi) is 7.36. The summed E-state index contributed by atoms with van der Waals surface area (Å²) in [4.78, 5) is 24.2. The molecule has 0 aliphatic carbocycles. The van der Waals surface area contributed by atoms with Crippen LogP contribution < -0.4 is 5.32 Å². The summed E-state index contributed by atoms with van der Waals surface area (Å²) in [6.45, 7) is 4.27. The van der Waals surface area contributed by atoms with Crippen molar-refractivity contribution in [3.8, 4) is 0 Å². The summed E-state index contributed by atoms with van der Waals surface area (Å²) in [5.74, 6) is -0.820. The molecule has 0 aliphatic rings. The first-order chi connectivity index (χ1) is 12.5. The van der Waals surface area contributed by atoms with Gasteiger partial charge in [0.05, 0.1) is 13.7 Å². The highest BCUT2D eigenvalue weighted by Gasteiger charge is 2.22. The molecule has 0 aromatic heterocycles. The van der Waals surface area contributed by atoms with Crippen LogP contribution in [0.4, 0.5) is 0 Å². The highest BCUT2D eigenvalue weighted by molar-refractivity contribution is 5.85. The Morgan fingerprint density at radius 3 is 2.38 bits per heavy atom. The second-order valence-electron chi connectivity index (χ2n) is 6.24. The molecule has 1 N–H and O–H groups in total. The maximum absolute atomic E-state index is 12.1. The Morgan fingerprint density at radius 2 is 1.73 bits per heavy atom. The molecule has 0 saturated heterocycles. The van der Waals surface area contributed by atoms with Gasteiger partial charge in [0.15, 0.2) is 0 Å². The molecule has 0 unspecified atom stereocenters. The van der Waals surface area contributed by atoms with Crippen molar-refractivity contribution in [1.29, 1.82) is 0 Å². The number of hydrogen-bond donors (Lipinski definition) is 1. The molecular weight excluding hydrogens is 330 g/mol. The van der Waals surface area contributed by atoms with Gasteiger partial charge < -0.3 is 14.8 Å². The van der Waals surface area contributed by atoms with Crippen molar-refractivity contribution < 1.29 is 19.1 Å². The zero-order chi connectivity index (χ0) is 18.9. The van der Waals surface area contributed by atoms with Gasteiger partial charge in [-0.1, -0.05) is 48.5 Å². The van der Waals surface area contributed by atoms with Crippen LogP contribution in [-0.4, -0.2) is 31.6 Å². The highest BCUT2D eigenvalue weighted by Crippen LogP contribution is 2.12. The molecule has 0 fully saturated rings. The van der Waals surface area contributed by atoms with Gasteiger partial charge in [0.2, 0.25) is 5.91 Å². The van der Waals surface area contributed by atoms with E-state index in [1.807, 2.05) is 62.4 Å². The third kappa shape index (κ3) is 6.01. The Balaban J connectivity index is 1.90. The molecule has 138 valence electrons. The van der Waals surface area contributed by atoms with Crippen molar-refractivity contribution in [3.63, 3.8) is 0 Å². The number of benzene rings is 2. The highest BCUT2D eigenvalue weighted by atomic mass is 16.5. The molecule has 2 aromatic carbocycles. The van der Waals surface area contributed by atoms with Gasteiger partial charge in [-0.15, -0.1) is 0 Å². The maximum atomic E-state index is 12.1. The van der Waals surface area contributed by atoms with E-state index in [0.717, 1.165) is 16.7 Å². The standard InChI is InChI=1S/C21H25NO4/c1-15-9-10-18(11-16(15)2)12-19(21(24)25-3)22-20(23)14-26-13-17-7-5-4-6-8-17/h4-11,19H,12-14H2,1-3H3,(H,22,23)/t19-/m1/s1. The molecule has 5 nitrogen and oxygen atoms in total. The number of amides is 1. The smallest absolute Gasteiger partial charge is 0.328 e. The van der Waals surface area contributed by atoms with Crippen LogP contribution in [0.15, 0.2) is 48.5 Å². The van der Waals surface area contributed by atoms with Crippen molar-refractivity contribution in [1.82, 2.24) is 5.32 Å². The van der Waals surface area contributed by atoms with Crippen molar-refractivity contribution in [2.45, 2.75) is 32.9 Å². The van der Waals surface area contributed by atoms with E-state index in [9.17, 15) is 9.59 Å². The van der Waals surface area contributed by atoms with E-state index in [1.54, 1.807) is 0 Å². The van der Waals surface area contributed by atoms with E-state index in [2.05, 4.69) is 5.32 Å². The summed E-state index contributed by atoms with van der Waals surface area (Å²) < 4.78 is 10.2. The third-order valence-electron chi connectivity index (χ3n) is 4.18. The fourth-order valence-electron chi connectivity index (χ4n) is 2.57. The van der Waals surface area contributed by atoms with Crippen molar-refractivity contribution in [2.24, 2.45) is 0 Å². The number of methoxy groups -OCH3 is 1. The first-order valence-corrected chi connectivity index (χ1v) is 8.54. The summed E-state index contributed by atoms with van der Waals surface area (Å²) in [6, 6.07) is 14.8. The maximum Gasteiger partial charge on any atom is 0.328 e. The molecule has 0 aliphatic heterocycles. The molecule has 1 atom stereocenters. The number of hydrogen-bond acceptors (Lipinski definition) is 4. The monoisotopic (exact) mass is 355 g/mol. The van der Waals surface area contributed by atoms with Crippen LogP contribution in [0, 0.1) is 13.8 Å². The molecule has 0 spiro atoms. The topological polar surface area (TPSA) is 64.6 Å². The average molecular weight is 355 g/mol. The van der Waals surface area contributed by atoms with Crippen molar-refractivity contribution in [2.75, 3.05) is 13.7 Å². The first kappa shape index (κ1) is 19.7. The number of carbonyl (C=O) groups excluding carboxylic acids is 2. The van der Waals surface area contributed by atoms with Gasteiger partial charge >= 0.3 is 5.97 Å². The Hall–Kier alpha value is -2.66. The molecule has 0 heterocycles. The summed E-state index contributed by atoms with van der Waals surface area (Å²) in [5.41, 5.74) is 4.28. The van der Waals surface area contributed by atoms with Gasteiger partial charge in [-0.2, -0.15) is 0 Å². The Bertz CT molecular complexity index is 743. The fourth-order valence-corrected chi connectivity index (χ4v) is 2.57. The number of carbonyl (C=O) groups is 2. The molecule has 0 saturated carbocycles. The van der Waals surface area contributed by atoms with E-state index in [4.69, 9.17) is 9.47 Å². The predicted molar refractivity (Wildman–Crippen MR) is 99.7 cm³/mol. The van der Waals surface area contributed by atoms with Gasteiger partial charge in [-0.25, -0.2) is 4.79 Å². The number of esters is 1. The lowest BCUT2D eigenvalue weighted by Gasteiger charge is -2.17. The SMILES string of the molecule is COC(=O)[C@@H](Cc1ccc(C)c(C)c1)NC(=O)COCc1ccccc1. The normalized spacial score (nSPS) is 11.7. The van der Waals surface area contributed by atoms with Crippen LogP contribution in [0.5, 0.6) is 0 Å². The quantitative estimate of drug-likeness (QED) is 0.740. The summed E-state index contributed by atoms with van der Waals surface area (Å²) in [6.07, 6.45) is 0.373. The van der Waals surface area contributed by atoms with E-state index in [-0.39, 0.29) is 12.5 Å². The molecule has 26 heavy (non-hydrogen) atoms. The summed E-state index contributed by atoms with van der Waals surface area (Å²) in [7, 11) is 1.31. The van der Waals surface area contributed by atoms with E-state index in [0.29, 0.717) is 13.0 Å². The second kappa shape index (κ2) is 9.73. The molecule has 2 rings (SSSR count). The average Bonchev–Trinajstić information content (AvgIpc) is 2.64. The lowest BCUT2D eigenvalue weighted by atomic mass is 10.0. The Morgan fingerprint density at radius 1 is 1.00 bits per heavy atom. The number of rotatable bonds is 8. The molecule has 0 bridgehead atoms. The molecule has 2 aromatic rings. The van der Waals surface area contributed by atoms with Crippen LogP contribution in [0.25, 0.3) is 0 Å². The van der Waals surface area contributed by atoms with E-state index < -0.39 is 12.0 Å². The van der Waals surface area contributed by atoms with Crippen molar-refractivity contribution >= 4 is 11.9 Å².